The van der Waals surface area contributed by atoms with Crippen molar-refractivity contribution < 1.29 is 19.1 Å². The molecule has 0 heterocycles. The number of aryl methyl sites for hydroxylation is 2. The molecule has 0 amide bonds. The molecule has 0 aromatic heterocycles. The minimum absolute atomic E-state index is 0.160. The average Bonchev–Trinajstić information content (AvgIpc) is 3.41. The van der Waals surface area contributed by atoms with E-state index in [0.717, 1.165) is 67.4 Å². The van der Waals surface area contributed by atoms with Gasteiger partial charge in [-0.25, -0.2) is 9.59 Å². The summed E-state index contributed by atoms with van der Waals surface area (Å²) in [6, 6.07) is 15.4. The molecule has 3 aliphatic carbocycles. The van der Waals surface area contributed by atoms with E-state index in [1.54, 1.807) is 0 Å². The number of rotatable bonds is 14. The van der Waals surface area contributed by atoms with Crippen molar-refractivity contribution in [1.29, 1.82) is 0 Å². The van der Waals surface area contributed by atoms with Crippen LogP contribution in [-0.2, 0) is 9.47 Å². The Morgan fingerprint density at radius 3 is 2.08 bits per heavy atom. The highest BCUT2D eigenvalue weighted by Gasteiger charge is 2.57. The Labute approximate surface area is 292 Å². The summed E-state index contributed by atoms with van der Waals surface area (Å²) in [6.45, 7) is 16.1. The molecule has 0 saturated heterocycles. The summed E-state index contributed by atoms with van der Waals surface area (Å²) < 4.78 is 12.8. The van der Waals surface area contributed by atoms with Gasteiger partial charge in [-0.3, -0.25) is 0 Å². The van der Waals surface area contributed by atoms with Gasteiger partial charge >= 0.3 is 11.9 Å². The van der Waals surface area contributed by atoms with Crippen molar-refractivity contribution in [3.8, 4) is 0 Å². The third-order valence-electron chi connectivity index (χ3n) is 13.0. The van der Waals surface area contributed by atoms with Gasteiger partial charge in [-0.15, -0.1) is 0 Å². The molecule has 4 nitrogen and oxygen atoms in total. The van der Waals surface area contributed by atoms with Gasteiger partial charge in [-0.05, 0) is 136 Å². The predicted octanol–water partition coefficient (Wildman–Crippen LogP) is 11.6. The molecule has 0 radical (unpaired) electrons. The summed E-state index contributed by atoms with van der Waals surface area (Å²) in [6.07, 6.45) is 14.6. The standard InChI is InChI=1S/C44H64O4/c1-8-9-13-37(47-42(45)33-18-14-30(4)15-19-33)27-36-26-35-24-25-44(7)39(32(6)12-10-11-29(2)3)22-23-40(44)38(35)28-41(36)48-43(46)34-20-16-31(5)17-21-34/h14-21,29,32,35-41H,8-13,22-28H2,1-7H3. The van der Waals surface area contributed by atoms with Crippen LogP contribution in [0.4, 0.5) is 0 Å². The maximum Gasteiger partial charge on any atom is 0.338 e. The van der Waals surface area contributed by atoms with E-state index in [9.17, 15) is 9.59 Å². The summed E-state index contributed by atoms with van der Waals surface area (Å²) in [5, 5.41) is 0. The largest absolute Gasteiger partial charge is 0.459 e. The topological polar surface area (TPSA) is 52.6 Å². The maximum atomic E-state index is 13.7. The van der Waals surface area contributed by atoms with Crippen LogP contribution < -0.4 is 0 Å². The van der Waals surface area contributed by atoms with Crippen LogP contribution in [0.3, 0.4) is 0 Å². The molecule has 4 heteroatoms. The monoisotopic (exact) mass is 656 g/mol. The Hall–Kier alpha value is -2.62. The summed E-state index contributed by atoms with van der Waals surface area (Å²) in [7, 11) is 0. The minimum Gasteiger partial charge on any atom is -0.459 e. The van der Waals surface area contributed by atoms with Crippen LogP contribution in [0.15, 0.2) is 48.5 Å². The summed E-state index contributed by atoms with van der Waals surface area (Å²) >= 11 is 0. The van der Waals surface area contributed by atoms with Gasteiger partial charge in [0.05, 0.1) is 11.1 Å². The lowest BCUT2D eigenvalue weighted by Crippen LogP contribution is -2.49. The predicted molar refractivity (Wildman–Crippen MR) is 196 cm³/mol. The number of hydrogen-bond donors (Lipinski definition) is 0. The van der Waals surface area contributed by atoms with Gasteiger partial charge in [0, 0.05) is 0 Å². The van der Waals surface area contributed by atoms with E-state index in [2.05, 4.69) is 34.6 Å². The van der Waals surface area contributed by atoms with Crippen LogP contribution in [0.1, 0.15) is 150 Å². The van der Waals surface area contributed by atoms with E-state index in [1.165, 1.54) is 44.9 Å². The van der Waals surface area contributed by atoms with E-state index in [4.69, 9.17) is 9.47 Å². The minimum atomic E-state index is -0.245. The highest BCUT2D eigenvalue weighted by atomic mass is 16.5. The first kappa shape index (κ1) is 36.7. The van der Waals surface area contributed by atoms with Crippen LogP contribution >= 0.6 is 0 Å². The van der Waals surface area contributed by atoms with Crippen molar-refractivity contribution in [3.63, 3.8) is 0 Å². The molecule has 264 valence electrons. The highest BCUT2D eigenvalue weighted by Crippen LogP contribution is 2.64. The van der Waals surface area contributed by atoms with Crippen molar-refractivity contribution in [2.45, 2.75) is 144 Å². The normalized spacial score (nSPS) is 29.5. The summed E-state index contributed by atoms with van der Waals surface area (Å²) in [5.74, 6) is 4.01. The first-order chi connectivity index (χ1) is 23.0. The van der Waals surface area contributed by atoms with Crippen LogP contribution in [-0.4, -0.2) is 24.1 Å². The Bertz CT molecular complexity index is 1330. The summed E-state index contributed by atoms with van der Waals surface area (Å²) in [5.41, 5.74) is 3.87. The lowest BCUT2D eigenvalue weighted by Gasteiger charge is -2.54. The first-order valence-electron chi connectivity index (χ1n) is 19.5. The van der Waals surface area contributed by atoms with E-state index in [-0.39, 0.29) is 30.1 Å². The van der Waals surface area contributed by atoms with E-state index < -0.39 is 0 Å². The SMILES string of the molecule is CCCCC(CC1CC2CCC3(C)C(C(C)CCCC(C)C)CCC3C2CC1OC(=O)c1ccc(C)cc1)OC(=O)c1ccc(C)cc1. The zero-order chi connectivity index (χ0) is 34.4. The molecule has 0 N–H and O–H groups in total. The quantitative estimate of drug-likeness (QED) is 0.190. The second-order valence-corrected chi connectivity index (χ2v) is 16.9. The van der Waals surface area contributed by atoms with Crippen molar-refractivity contribution in [2.75, 3.05) is 0 Å². The lowest BCUT2D eigenvalue weighted by atomic mass is 9.52. The van der Waals surface area contributed by atoms with E-state index in [1.807, 2.05) is 62.4 Å². The second-order valence-electron chi connectivity index (χ2n) is 16.9. The van der Waals surface area contributed by atoms with Gasteiger partial charge < -0.3 is 9.47 Å². The van der Waals surface area contributed by atoms with E-state index in [0.29, 0.717) is 34.3 Å². The fraction of sp³-hybridized carbons (Fsp3) is 0.682. The fourth-order valence-corrected chi connectivity index (χ4v) is 10.2. The van der Waals surface area contributed by atoms with Crippen LogP contribution in [0.25, 0.3) is 0 Å². The first-order valence-corrected chi connectivity index (χ1v) is 19.5. The Morgan fingerprint density at radius 2 is 1.46 bits per heavy atom. The Balaban J connectivity index is 1.35. The Morgan fingerprint density at radius 1 is 0.812 bits per heavy atom. The smallest absolute Gasteiger partial charge is 0.338 e. The maximum absolute atomic E-state index is 13.7. The number of esters is 2. The number of ether oxygens (including phenoxy) is 2. The van der Waals surface area contributed by atoms with Crippen LogP contribution in [0.2, 0.25) is 0 Å². The molecule has 2 aromatic rings. The van der Waals surface area contributed by atoms with Crippen LogP contribution in [0.5, 0.6) is 0 Å². The number of fused-ring (bicyclic) bond motifs is 3. The molecule has 3 aliphatic rings. The van der Waals surface area contributed by atoms with Gasteiger partial charge in [0.15, 0.2) is 0 Å². The second kappa shape index (κ2) is 16.4. The average molecular weight is 657 g/mol. The molecule has 5 rings (SSSR count). The molecular formula is C44H64O4. The molecule has 3 saturated carbocycles. The van der Waals surface area contributed by atoms with Crippen molar-refractivity contribution in [3.05, 3.63) is 70.8 Å². The molecule has 0 bridgehead atoms. The highest BCUT2D eigenvalue weighted by molar-refractivity contribution is 5.90. The zero-order valence-electron chi connectivity index (χ0n) is 31.1. The Kier molecular flexibility index (Phi) is 12.5. The summed E-state index contributed by atoms with van der Waals surface area (Å²) in [4.78, 5) is 27.0. The number of unbranched alkanes of at least 4 members (excludes halogenated alkanes) is 1. The number of benzene rings is 2. The third kappa shape index (κ3) is 8.75. The molecule has 9 atom stereocenters. The van der Waals surface area contributed by atoms with Crippen molar-refractivity contribution >= 4 is 11.9 Å². The fourth-order valence-electron chi connectivity index (χ4n) is 10.2. The molecular weight excluding hydrogens is 592 g/mol. The number of hydrogen-bond acceptors (Lipinski definition) is 4. The molecule has 9 unspecified atom stereocenters. The molecule has 2 aromatic carbocycles. The van der Waals surface area contributed by atoms with E-state index >= 15 is 0 Å². The molecule has 3 fully saturated rings. The third-order valence-corrected chi connectivity index (χ3v) is 13.0. The number of carbonyl (C=O) groups excluding carboxylic acids is 2. The van der Waals surface area contributed by atoms with Gasteiger partial charge in [0.2, 0.25) is 0 Å². The molecule has 0 aliphatic heterocycles. The zero-order valence-corrected chi connectivity index (χ0v) is 31.1. The van der Waals surface area contributed by atoms with Crippen molar-refractivity contribution in [2.24, 2.45) is 46.8 Å². The van der Waals surface area contributed by atoms with Crippen molar-refractivity contribution in [1.82, 2.24) is 0 Å². The lowest BCUT2D eigenvalue weighted by molar-refractivity contribution is -0.0883. The van der Waals surface area contributed by atoms with Gasteiger partial charge in [0.25, 0.3) is 0 Å². The van der Waals surface area contributed by atoms with Crippen LogP contribution in [0, 0.1) is 60.7 Å². The van der Waals surface area contributed by atoms with Gasteiger partial charge in [0.1, 0.15) is 12.2 Å². The van der Waals surface area contributed by atoms with Gasteiger partial charge in [-0.2, -0.15) is 0 Å². The van der Waals surface area contributed by atoms with Gasteiger partial charge in [-0.1, -0.05) is 102 Å². The number of carbonyl (C=O) groups is 2. The molecule has 0 spiro atoms. The molecule has 48 heavy (non-hydrogen) atoms.